The molecule has 5 heteroatoms. The van der Waals surface area contributed by atoms with Crippen molar-refractivity contribution >= 4 is 5.91 Å². The first-order valence-corrected chi connectivity index (χ1v) is 10.4. The number of rotatable bonds is 7. The molecule has 0 aliphatic heterocycles. The van der Waals surface area contributed by atoms with Gasteiger partial charge in [-0.1, -0.05) is 30.3 Å². The second-order valence-corrected chi connectivity index (χ2v) is 8.56. The van der Waals surface area contributed by atoms with Crippen molar-refractivity contribution in [3.8, 4) is 0 Å². The van der Waals surface area contributed by atoms with E-state index in [1.165, 1.54) is 12.1 Å². The van der Waals surface area contributed by atoms with E-state index >= 15 is 0 Å². The average molecular weight is 399 g/mol. The highest BCUT2D eigenvalue weighted by atomic mass is 19.1. The molecule has 0 unspecified atom stereocenters. The number of aliphatic hydroxyl groups excluding tert-OH is 1. The minimum Gasteiger partial charge on any atom is -0.387 e. The van der Waals surface area contributed by atoms with Gasteiger partial charge >= 0.3 is 0 Å². The van der Waals surface area contributed by atoms with E-state index in [1.807, 2.05) is 30.3 Å². The van der Waals surface area contributed by atoms with E-state index in [0.29, 0.717) is 23.6 Å². The summed E-state index contributed by atoms with van der Waals surface area (Å²) < 4.78 is 13.4. The minimum atomic E-state index is -0.744. The highest BCUT2D eigenvalue weighted by molar-refractivity contribution is 5.94. The van der Waals surface area contributed by atoms with Gasteiger partial charge in [0.15, 0.2) is 0 Å². The fraction of sp³-hybridized carbons (Fsp3) is 0.458. The van der Waals surface area contributed by atoms with Crippen molar-refractivity contribution in [2.45, 2.75) is 57.2 Å². The number of halogens is 1. The summed E-state index contributed by atoms with van der Waals surface area (Å²) in [6, 6.07) is 15.6. The molecule has 0 aromatic heterocycles. The summed E-state index contributed by atoms with van der Waals surface area (Å²) in [6.07, 6.45) is 3.17. The lowest BCUT2D eigenvalue weighted by atomic mass is 9.75. The van der Waals surface area contributed by atoms with Gasteiger partial charge < -0.3 is 15.7 Å². The molecule has 1 atom stereocenters. The molecule has 0 heterocycles. The lowest BCUT2D eigenvalue weighted by Crippen LogP contribution is -2.50. The van der Waals surface area contributed by atoms with Gasteiger partial charge in [0.2, 0.25) is 0 Å². The van der Waals surface area contributed by atoms with Crippen molar-refractivity contribution in [3.63, 3.8) is 0 Å². The summed E-state index contributed by atoms with van der Waals surface area (Å²) in [5.74, 6) is 0.105. The number of carbonyl (C=O) groups excluding carboxylic acids is 1. The van der Waals surface area contributed by atoms with Crippen molar-refractivity contribution < 1.29 is 14.3 Å². The van der Waals surface area contributed by atoms with Gasteiger partial charge in [-0.15, -0.1) is 0 Å². The van der Waals surface area contributed by atoms with Gasteiger partial charge in [-0.25, -0.2) is 4.39 Å². The molecule has 156 valence electrons. The Kier molecular flexibility index (Phi) is 7.04. The fourth-order valence-corrected chi connectivity index (χ4v) is 4.15. The molecule has 4 nitrogen and oxygen atoms in total. The number of amides is 1. The second-order valence-electron chi connectivity index (χ2n) is 8.56. The van der Waals surface area contributed by atoms with E-state index in [2.05, 4.69) is 24.5 Å². The molecule has 29 heavy (non-hydrogen) atoms. The first-order valence-electron chi connectivity index (χ1n) is 10.4. The number of nitrogens with one attached hydrogen (secondary N) is 2. The number of benzene rings is 2. The zero-order chi connectivity index (χ0) is 20.9. The molecule has 1 aliphatic carbocycles. The Balaban J connectivity index is 1.47. The number of hydrogen-bond acceptors (Lipinski definition) is 3. The Bertz CT molecular complexity index is 802. The Labute approximate surface area is 172 Å². The second kappa shape index (κ2) is 9.51. The fourth-order valence-electron chi connectivity index (χ4n) is 4.15. The van der Waals surface area contributed by atoms with E-state index in [-0.39, 0.29) is 23.3 Å². The Morgan fingerprint density at radius 2 is 1.79 bits per heavy atom. The Morgan fingerprint density at radius 1 is 1.10 bits per heavy atom. The summed E-state index contributed by atoms with van der Waals surface area (Å²) in [5, 5.41) is 17.0. The molecular formula is C24H31FN2O2. The largest absolute Gasteiger partial charge is 0.387 e. The molecule has 3 N–H and O–H groups in total. The highest BCUT2D eigenvalue weighted by Gasteiger charge is 2.33. The maximum absolute atomic E-state index is 13.4. The van der Waals surface area contributed by atoms with Gasteiger partial charge in [0.05, 0.1) is 6.10 Å². The minimum absolute atomic E-state index is 0.00958. The van der Waals surface area contributed by atoms with Gasteiger partial charge in [-0.3, -0.25) is 4.79 Å². The first kappa shape index (κ1) is 21.5. The van der Waals surface area contributed by atoms with E-state index in [1.54, 1.807) is 12.1 Å². The maximum atomic E-state index is 13.4. The van der Waals surface area contributed by atoms with Crippen molar-refractivity contribution in [2.24, 2.45) is 5.92 Å². The molecule has 3 rings (SSSR count). The van der Waals surface area contributed by atoms with Crippen LogP contribution in [0.4, 0.5) is 4.39 Å². The van der Waals surface area contributed by atoms with E-state index < -0.39 is 6.10 Å². The lowest BCUT2D eigenvalue weighted by Gasteiger charge is -2.40. The van der Waals surface area contributed by atoms with Gasteiger partial charge in [0, 0.05) is 23.7 Å². The third-order valence-electron chi connectivity index (χ3n) is 6.10. The van der Waals surface area contributed by atoms with Crippen LogP contribution in [0.25, 0.3) is 0 Å². The number of carbonyl (C=O) groups is 1. The molecule has 1 saturated carbocycles. The normalized spacial score (nSPS) is 20.8. The first-order chi connectivity index (χ1) is 13.8. The monoisotopic (exact) mass is 398 g/mol. The molecule has 0 saturated heterocycles. The molecule has 0 bridgehead atoms. The molecule has 0 radical (unpaired) electrons. The average Bonchev–Trinajstić information content (AvgIpc) is 2.73. The van der Waals surface area contributed by atoms with Crippen LogP contribution in [0.3, 0.4) is 0 Å². The predicted octanol–water partition coefficient (Wildman–Crippen LogP) is 4.22. The summed E-state index contributed by atoms with van der Waals surface area (Å²) in [7, 11) is 0. The van der Waals surface area contributed by atoms with Crippen LogP contribution >= 0.6 is 0 Å². The van der Waals surface area contributed by atoms with Crippen molar-refractivity contribution in [3.05, 3.63) is 71.5 Å². The molecule has 2 aromatic carbocycles. The highest BCUT2D eigenvalue weighted by Crippen LogP contribution is 2.33. The SMILES string of the molecule is CC(C)(NC[C@H](O)c1cccc(F)c1)C1CCC(NC(=O)c2ccccc2)CC1. The van der Waals surface area contributed by atoms with Crippen molar-refractivity contribution in [2.75, 3.05) is 6.54 Å². The summed E-state index contributed by atoms with van der Waals surface area (Å²) in [6.45, 7) is 4.68. The van der Waals surface area contributed by atoms with Crippen LogP contribution in [-0.4, -0.2) is 29.1 Å². The molecule has 0 spiro atoms. The molecule has 2 aromatic rings. The lowest BCUT2D eigenvalue weighted by molar-refractivity contribution is 0.0901. The van der Waals surface area contributed by atoms with Crippen molar-refractivity contribution in [1.82, 2.24) is 10.6 Å². The zero-order valence-corrected chi connectivity index (χ0v) is 17.2. The van der Waals surface area contributed by atoms with Crippen LogP contribution in [0, 0.1) is 11.7 Å². The Hall–Kier alpha value is -2.24. The number of β-amino-alcohol motifs (C(OH)–C–C–N with tert-alkyl or cyclic N) is 1. The van der Waals surface area contributed by atoms with E-state index in [0.717, 1.165) is 25.7 Å². The van der Waals surface area contributed by atoms with Crippen LogP contribution in [-0.2, 0) is 0 Å². The van der Waals surface area contributed by atoms with Crippen molar-refractivity contribution in [1.29, 1.82) is 0 Å². The number of hydrogen-bond donors (Lipinski definition) is 3. The van der Waals surface area contributed by atoms with Crippen LogP contribution in [0.15, 0.2) is 54.6 Å². The predicted molar refractivity (Wildman–Crippen MR) is 113 cm³/mol. The van der Waals surface area contributed by atoms with Crippen LogP contribution < -0.4 is 10.6 Å². The molecule has 1 aliphatic rings. The smallest absolute Gasteiger partial charge is 0.251 e. The van der Waals surface area contributed by atoms with Crippen LogP contribution in [0.2, 0.25) is 0 Å². The standard InChI is InChI=1S/C24H31FN2O2/c1-24(2,26-16-22(28)18-9-6-10-20(25)15-18)19-11-13-21(14-12-19)27-23(29)17-7-4-3-5-8-17/h3-10,15,19,21-22,26,28H,11-14,16H2,1-2H3,(H,27,29)/t19?,21?,22-/m0/s1. The maximum Gasteiger partial charge on any atom is 0.251 e. The van der Waals surface area contributed by atoms with Gasteiger partial charge in [-0.2, -0.15) is 0 Å². The summed E-state index contributed by atoms with van der Waals surface area (Å²) in [5.41, 5.74) is 1.13. The molecule has 1 fully saturated rings. The number of aliphatic hydroxyl groups is 1. The topological polar surface area (TPSA) is 61.4 Å². The third kappa shape index (κ3) is 5.87. The van der Waals surface area contributed by atoms with E-state index in [4.69, 9.17) is 0 Å². The quantitative estimate of drug-likeness (QED) is 0.655. The summed E-state index contributed by atoms with van der Waals surface area (Å²) in [4.78, 5) is 12.3. The van der Waals surface area contributed by atoms with Crippen LogP contribution in [0.1, 0.15) is 61.6 Å². The van der Waals surface area contributed by atoms with Gasteiger partial charge in [0.1, 0.15) is 5.82 Å². The Morgan fingerprint density at radius 3 is 2.45 bits per heavy atom. The zero-order valence-electron chi connectivity index (χ0n) is 17.2. The molecular weight excluding hydrogens is 367 g/mol. The third-order valence-corrected chi connectivity index (χ3v) is 6.10. The van der Waals surface area contributed by atoms with Gasteiger partial charge in [0.25, 0.3) is 5.91 Å². The van der Waals surface area contributed by atoms with E-state index in [9.17, 15) is 14.3 Å². The van der Waals surface area contributed by atoms with Gasteiger partial charge in [-0.05, 0) is 75.3 Å². The molecule has 1 amide bonds. The van der Waals surface area contributed by atoms with Crippen LogP contribution in [0.5, 0.6) is 0 Å². The summed E-state index contributed by atoms with van der Waals surface area (Å²) >= 11 is 0.